The zero-order valence-corrected chi connectivity index (χ0v) is 21.3. The number of piperazine rings is 1. The molecule has 0 spiro atoms. The number of rotatable bonds is 8. The van der Waals surface area contributed by atoms with Crippen LogP contribution in [0.4, 0.5) is 4.79 Å². The quantitative estimate of drug-likeness (QED) is 0.559. The van der Waals surface area contributed by atoms with Crippen LogP contribution in [0.5, 0.6) is 0 Å². The summed E-state index contributed by atoms with van der Waals surface area (Å²) < 4.78 is 5.90. The molecule has 0 aromatic rings. The number of carbonyl (C=O) groups excluding carboxylic acids is 1. The Morgan fingerprint density at radius 2 is 1.77 bits per heavy atom. The van der Waals surface area contributed by atoms with E-state index in [-0.39, 0.29) is 17.3 Å². The fourth-order valence-electron chi connectivity index (χ4n) is 5.13. The molecule has 3 rings (SSSR count). The number of amidine groups is 1. The molecule has 3 aliphatic heterocycles. The summed E-state index contributed by atoms with van der Waals surface area (Å²) in [5.74, 6) is 3.17. The van der Waals surface area contributed by atoms with Gasteiger partial charge in [-0.3, -0.25) is 4.90 Å². The van der Waals surface area contributed by atoms with E-state index >= 15 is 0 Å². The van der Waals surface area contributed by atoms with Gasteiger partial charge < -0.3 is 19.4 Å². The Morgan fingerprint density at radius 3 is 2.29 bits per heavy atom. The highest BCUT2D eigenvalue weighted by Crippen LogP contribution is 2.38. The van der Waals surface area contributed by atoms with E-state index in [4.69, 9.17) is 9.57 Å². The van der Waals surface area contributed by atoms with Crippen LogP contribution in [0.2, 0.25) is 0 Å². The summed E-state index contributed by atoms with van der Waals surface area (Å²) in [5.41, 5.74) is -0.528. The summed E-state index contributed by atoms with van der Waals surface area (Å²) in [6.07, 6.45) is 3.90. The maximum atomic E-state index is 12.1. The van der Waals surface area contributed by atoms with Crippen molar-refractivity contribution >= 4 is 23.7 Å². The SMILES string of the molecule is CSCC1(C(C)C)CC(N2CCN(CCC(C)C3(C(C)C)CN(C)C(=O)O3)CC2)=NO1. The van der Waals surface area contributed by atoms with E-state index in [1.807, 2.05) is 18.8 Å². The van der Waals surface area contributed by atoms with E-state index in [1.165, 1.54) is 0 Å². The number of likely N-dealkylation sites (N-methyl/N-ethyl adjacent to an activating group) is 1. The molecule has 3 heterocycles. The number of oxime groups is 1. The van der Waals surface area contributed by atoms with Gasteiger partial charge in [-0.15, -0.1) is 0 Å². The lowest BCUT2D eigenvalue weighted by atomic mass is 9.77. The predicted molar refractivity (Wildman–Crippen MR) is 128 cm³/mol. The van der Waals surface area contributed by atoms with Crippen molar-refractivity contribution in [1.82, 2.24) is 14.7 Å². The van der Waals surface area contributed by atoms with Crippen LogP contribution >= 0.6 is 11.8 Å². The van der Waals surface area contributed by atoms with Gasteiger partial charge >= 0.3 is 6.09 Å². The first-order valence-corrected chi connectivity index (χ1v) is 13.2. The van der Waals surface area contributed by atoms with Crippen molar-refractivity contribution in [2.24, 2.45) is 22.9 Å². The Kier molecular flexibility index (Phi) is 7.72. The maximum Gasteiger partial charge on any atom is 0.410 e. The number of nitrogens with zero attached hydrogens (tertiary/aromatic N) is 4. The van der Waals surface area contributed by atoms with Crippen LogP contribution in [0.25, 0.3) is 0 Å². The van der Waals surface area contributed by atoms with Gasteiger partial charge in [0.1, 0.15) is 11.4 Å². The number of thioether (sulfide) groups is 1. The van der Waals surface area contributed by atoms with Crippen molar-refractivity contribution in [2.45, 2.75) is 58.7 Å². The molecule has 0 N–H and O–H groups in total. The van der Waals surface area contributed by atoms with E-state index in [0.717, 1.165) is 57.2 Å². The number of hydrogen-bond donors (Lipinski definition) is 0. The van der Waals surface area contributed by atoms with E-state index in [1.54, 1.807) is 4.90 Å². The first-order valence-electron chi connectivity index (χ1n) is 11.8. The minimum Gasteiger partial charge on any atom is -0.440 e. The third-order valence-corrected chi connectivity index (χ3v) is 8.51. The highest BCUT2D eigenvalue weighted by Gasteiger charge is 2.50. The Hall–Kier alpha value is -1.15. The molecule has 2 saturated heterocycles. The Labute approximate surface area is 192 Å². The summed E-state index contributed by atoms with van der Waals surface area (Å²) >= 11 is 1.84. The molecule has 0 saturated carbocycles. The molecule has 0 radical (unpaired) electrons. The minimum absolute atomic E-state index is 0.154. The Balaban J connectivity index is 1.48. The number of hydrogen-bond acceptors (Lipinski definition) is 7. The summed E-state index contributed by atoms with van der Waals surface area (Å²) in [4.78, 5) is 24.7. The van der Waals surface area contributed by atoms with Crippen molar-refractivity contribution in [2.75, 3.05) is 58.3 Å². The first kappa shape index (κ1) is 24.5. The summed E-state index contributed by atoms with van der Waals surface area (Å²) in [5, 5.41) is 4.50. The Bertz CT molecular complexity index is 665. The molecule has 3 unspecified atom stereocenters. The molecule has 178 valence electrons. The largest absolute Gasteiger partial charge is 0.440 e. The molecule has 31 heavy (non-hydrogen) atoms. The molecule has 0 bridgehead atoms. The van der Waals surface area contributed by atoms with Gasteiger partial charge in [0.2, 0.25) is 0 Å². The molecule has 8 heteroatoms. The number of amides is 1. The van der Waals surface area contributed by atoms with Crippen molar-refractivity contribution in [3.63, 3.8) is 0 Å². The lowest BCUT2D eigenvalue weighted by molar-refractivity contribution is -0.0343. The second kappa shape index (κ2) is 9.77. The molecule has 3 atom stereocenters. The fourth-order valence-corrected chi connectivity index (χ4v) is 6.10. The first-order chi connectivity index (χ1) is 14.6. The molecular formula is C23H42N4O3S. The zero-order chi connectivity index (χ0) is 22.8. The van der Waals surface area contributed by atoms with Gasteiger partial charge in [-0.05, 0) is 37.0 Å². The van der Waals surface area contributed by atoms with E-state index in [9.17, 15) is 4.79 Å². The summed E-state index contributed by atoms with van der Waals surface area (Å²) in [6.45, 7) is 16.8. The minimum atomic E-state index is -0.374. The monoisotopic (exact) mass is 454 g/mol. The number of carbonyl (C=O) groups is 1. The van der Waals surface area contributed by atoms with Crippen LogP contribution in [0.15, 0.2) is 5.16 Å². The standard InChI is InChI=1S/C23H42N4O3S/c1-17(2)22(16-31-7)14-20(24-30-22)27-12-10-26(11-13-27)9-8-19(5)23(18(3)4)15-25(6)21(28)29-23/h17-19H,8-16H2,1-7H3. The molecule has 7 nitrogen and oxygen atoms in total. The van der Waals surface area contributed by atoms with Gasteiger partial charge in [0.25, 0.3) is 0 Å². The van der Waals surface area contributed by atoms with Crippen LogP contribution in [-0.2, 0) is 9.57 Å². The summed E-state index contributed by atoms with van der Waals surface area (Å²) in [6, 6.07) is 0. The van der Waals surface area contributed by atoms with Crippen LogP contribution in [0, 0.1) is 17.8 Å². The predicted octanol–water partition coefficient (Wildman–Crippen LogP) is 3.60. The topological polar surface area (TPSA) is 57.6 Å². The van der Waals surface area contributed by atoms with Crippen molar-refractivity contribution in [1.29, 1.82) is 0 Å². The number of cyclic esters (lactones) is 1. The maximum absolute atomic E-state index is 12.1. The van der Waals surface area contributed by atoms with Crippen molar-refractivity contribution in [3.8, 4) is 0 Å². The fraction of sp³-hybridized carbons (Fsp3) is 0.913. The molecule has 0 aromatic carbocycles. The molecule has 3 aliphatic rings. The van der Waals surface area contributed by atoms with Gasteiger partial charge in [0.15, 0.2) is 5.60 Å². The highest BCUT2D eigenvalue weighted by molar-refractivity contribution is 7.98. The van der Waals surface area contributed by atoms with E-state index < -0.39 is 0 Å². The van der Waals surface area contributed by atoms with E-state index in [0.29, 0.717) is 24.3 Å². The van der Waals surface area contributed by atoms with Gasteiger partial charge in [-0.1, -0.05) is 39.8 Å². The lowest BCUT2D eigenvalue weighted by Gasteiger charge is -2.39. The Morgan fingerprint density at radius 1 is 1.10 bits per heavy atom. The van der Waals surface area contributed by atoms with Crippen molar-refractivity contribution in [3.05, 3.63) is 0 Å². The third kappa shape index (κ3) is 4.95. The third-order valence-electron chi connectivity index (χ3n) is 7.73. The average molecular weight is 455 g/mol. The van der Waals surface area contributed by atoms with Gasteiger partial charge in [0, 0.05) is 39.0 Å². The molecule has 0 aromatic heterocycles. The van der Waals surface area contributed by atoms with Gasteiger partial charge in [-0.2, -0.15) is 11.8 Å². The normalized spacial score (nSPS) is 30.7. The second-order valence-corrected chi connectivity index (χ2v) is 11.1. The second-order valence-electron chi connectivity index (χ2n) is 10.3. The zero-order valence-electron chi connectivity index (χ0n) is 20.5. The molecule has 2 fully saturated rings. The van der Waals surface area contributed by atoms with Crippen LogP contribution in [0.3, 0.4) is 0 Å². The molecule has 0 aliphatic carbocycles. The average Bonchev–Trinajstić information content (AvgIpc) is 3.30. The molecular weight excluding hydrogens is 412 g/mol. The highest BCUT2D eigenvalue weighted by atomic mass is 32.2. The summed E-state index contributed by atoms with van der Waals surface area (Å²) in [7, 11) is 1.83. The number of ether oxygens (including phenoxy) is 1. The van der Waals surface area contributed by atoms with E-state index in [2.05, 4.69) is 55.8 Å². The van der Waals surface area contributed by atoms with Crippen LogP contribution in [-0.4, -0.2) is 96.2 Å². The van der Waals surface area contributed by atoms with Gasteiger partial charge in [0.05, 0.1) is 13.0 Å². The van der Waals surface area contributed by atoms with Crippen LogP contribution < -0.4 is 0 Å². The van der Waals surface area contributed by atoms with Crippen LogP contribution in [0.1, 0.15) is 47.5 Å². The van der Waals surface area contributed by atoms with Gasteiger partial charge in [-0.25, -0.2) is 4.79 Å². The smallest absolute Gasteiger partial charge is 0.410 e. The lowest BCUT2D eigenvalue weighted by Crippen LogP contribution is -2.51. The van der Waals surface area contributed by atoms with Crippen molar-refractivity contribution < 1.29 is 14.4 Å². The molecule has 1 amide bonds.